The van der Waals surface area contributed by atoms with Gasteiger partial charge in [-0.15, -0.1) is 0 Å². The third-order valence-electron chi connectivity index (χ3n) is 26.4. The van der Waals surface area contributed by atoms with Crippen molar-refractivity contribution < 1.29 is 0 Å². The molecule has 0 aromatic heterocycles. The van der Waals surface area contributed by atoms with E-state index < -0.39 is 10.8 Å². The third kappa shape index (κ3) is 10.8. The summed E-state index contributed by atoms with van der Waals surface area (Å²) in [5.41, 5.74) is 30.6. The zero-order chi connectivity index (χ0) is 79.9. The van der Waals surface area contributed by atoms with Crippen molar-refractivity contribution in [3.05, 3.63) is 498 Å². The Kier molecular flexibility index (Phi) is 16.3. The van der Waals surface area contributed by atoms with Gasteiger partial charge in [0.1, 0.15) is 0 Å². The summed E-state index contributed by atoms with van der Waals surface area (Å²) in [5, 5.41) is 24.2. The number of hydrogen-bond donors (Lipinski definition) is 1. The second-order valence-corrected chi connectivity index (χ2v) is 33.4. The maximum absolute atomic E-state index is 4.03. The van der Waals surface area contributed by atoms with Crippen molar-refractivity contribution >= 4 is 131 Å². The molecule has 26 rings (SSSR count). The molecule has 0 unspecified atom stereocenters. The monoisotopic (exact) mass is 1600 g/mol. The number of rotatable bonds is 7. The Labute approximate surface area is 711 Å². The molecule has 0 atom stereocenters. The molecule has 22 aromatic rings. The zero-order valence-corrected chi connectivity index (χ0v) is 67.6. The Bertz CT molecular complexity index is 7880. The van der Waals surface area contributed by atoms with Crippen molar-refractivity contribution in [3.63, 3.8) is 0 Å². The molecule has 564 valence electrons. The van der Waals surface area contributed by atoms with Crippen LogP contribution in [0, 0.1) is 0 Å². The van der Waals surface area contributed by atoms with Gasteiger partial charge in [-0.25, -0.2) is 0 Å². The number of para-hydroxylation sites is 1. The normalized spacial score (nSPS) is 13.0. The molecular weight excluding hydrogens is 1530 g/mol. The van der Waals surface area contributed by atoms with E-state index in [4.69, 9.17) is 0 Å². The molecule has 1 N–H and O–H groups in total. The molecule has 0 aliphatic heterocycles. The van der Waals surface area contributed by atoms with E-state index in [1.807, 2.05) is 30.3 Å². The summed E-state index contributed by atoms with van der Waals surface area (Å²) < 4.78 is 1.13. The molecule has 2 spiro atoms. The lowest BCUT2D eigenvalue weighted by molar-refractivity contribution is 0.794. The quantitative estimate of drug-likeness (QED) is 0.160. The molecule has 0 bridgehead atoms. The maximum Gasteiger partial charge on any atom is 0.0726 e. The van der Waals surface area contributed by atoms with E-state index in [2.05, 4.69) is 445 Å². The van der Waals surface area contributed by atoms with Crippen LogP contribution in [-0.4, -0.2) is 0 Å². The van der Waals surface area contributed by atoms with Gasteiger partial charge in [0, 0.05) is 38.3 Å². The second kappa shape index (κ2) is 28.1. The summed E-state index contributed by atoms with van der Waals surface area (Å²) in [5.74, 6) is 0. The van der Waals surface area contributed by atoms with Crippen LogP contribution in [0.15, 0.2) is 453 Å². The smallest absolute Gasteiger partial charge is 0.0726 e. The van der Waals surface area contributed by atoms with Gasteiger partial charge in [-0.3, -0.25) is 0 Å². The van der Waals surface area contributed by atoms with E-state index in [-0.39, 0.29) is 0 Å². The van der Waals surface area contributed by atoms with E-state index in [0.717, 1.165) is 32.9 Å². The van der Waals surface area contributed by atoms with Crippen LogP contribution in [0.4, 0.5) is 28.4 Å². The number of hydrogen-bond acceptors (Lipinski definition) is 2. The van der Waals surface area contributed by atoms with Crippen LogP contribution in [-0.2, 0) is 10.8 Å². The Balaban J connectivity index is 0.000000127. The van der Waals surface area contributed by atoms with Gasteiger partial charge in [-0.05, 0) is 271 Å². The van der Waals surface area contributed by atoms with Crippen molar-refractivity contribution in [2.75, 3.05) is 10.2 Å². The average Bonchev–Trinajstić information content (AvgIpc) is 1.51. The molecule has 0 heterocycles. The molecule has 4 aliphatic carbocycles. The zero-order valence-electron chi connectivity index (χ0n) is 66.0. The molecule has 0 radical (unpaired) electrons. The minimum Gasteiger partial charge on any atom is -0.355 e. The molecule has 0 fully saturated rings. The number of fused-ring (bicyclic) bond motifs is 34. The van der Waals surface area contributed by atoms with Gasteiger partial charge in [0.2, 0.25) is 0 Å². The number of halogens is 1. The van der Waals surface area contributed by atoms with Crippen LogP contribution in [0.25, 0.3) is 153 Å². The molecule has 2 nitrogen and oxygen atoms in total. The lowest BCUT2D eigenvalue weighted by Gasteiger charge is -2.33. The van der Waals surface area contributed by atoms with Crippen molar-refractivity contribution in [1.29, 1.82) is 0 Å². The van der Waals surface area contributed by atoms with Crippen molar-refractivity contribution in [2.45, 2.75) is 10.8 Å². The van der Waals surface area contributed by atoms with Crippen molar-refractivity contribution in [2.24, 2.45) is 0 Å². The first-order chi connectivity index (χ1) is 59.9. The van der Waals surface area contributed by atoms with Crippen LogP contribution in [0.2, 0.25) is 0 Å². The van der Waals surface area contributed by atoms with Gasteiger partial charge in [-0.2, -0.15) is 0 Å². The Hall–Kier alpha value is -15.0. The largest absolute Gasteiger partial charge is 0.355 e. The molecule has 3 heteroatoms. The van der Waals surface area contributed by atoms with Crippen LogP contribution >= 0.6 is 15.9 Å². The summed E-state index contributed by atoms with van der Waals surface area (Å²) in [6.07, 6.45) is 0. The minimum atomic E-state index is -0.476. The molecule has 121 heavy (non-hydrogen) atoms. The van der Waals surface area contributed by atoms with Gasteiger partial charge in [0.05, 0.1) is 16.5 Å². The highest BCUT2D eigenvalue weighted by Crippen LogP contribution is 2.66. The fraction of sp³-hybridized carbons (Fsp3) is 0.0169. The molecule has 4 aliphatic rings. The Morgan fingerprint density at radius 2 is 0.512 bits per heavy atom. The summed E-state index contributed by atoms with van der Waals surface area (Å²) in [7, 11) is 0. The summed E-state index contributed by atoms with van der Waals surface area (Å²) in [6.45, 7) is 0. The number of anilines is 5. The predicted octanol–water partition coefficient (Wildman–Crippen LogP) is 32.3. The van der Waals surface area contributed by atoms with Crippen LogP contribution in [0.1, 0.15) is 44.5 Å². The molecule has 22 aromatic carbocycles. The first-order valence-corrected chi connectivity index (χ1v) is 42.7. The minimum absolute atomic E-state index is 0.421. The van der Waals surface area contributed by atoms with Gasteiger partial charge < -0.3 is 10.2 Å². The maximum atomic E-state index is 4.03. The average molecular weight is 1600 g/mol. The fourth-order valence-electron chi connectivity index (χ4n) is 21.3. The van der Waals surface area contributed by atoms with E-state index in [0.29, 0.717) is 0 Å². The summed E-state index contributed by atoms with van der Waals surface area (Å²) in [6, 6.07) is 166. The van der Waals surface area contributed by atoms with E-state index in [9.17, 15) is 0 Å². The van der Waals surface area contributed by atoms with E-state index in [1.165, 1.54) is 197 Å². The lowest BCUT2D eigenvalue weighted by atomic mass is 9.70. The highest BCUT2D eigenvalue weighted by molar-refractivity contribution is 9.10. The standard InChI is InChI=1S/C59H37N.C53H33N.C6H5Br/c1-2-18-41(19-3-1)60(42-32-33-47-45-22-7-6-20-43(45)44-21-8-9-23-46(44)52(47)35-42)58-37-57-53(36-51(58)40-31-30-38-16-4-5-17-39(38)34-40)50-26-12-15-29-56(50)59(57)54-27-13-10-24-48(54)49-25-11-14-28-55(49)59;1-2-14-34-29-35(26-25-33(34)13-1)45-31-47-44-21-9-12-24-50(44)53(48-22-10-7-19-42(48)43-20-8-11-23-49(43)53)51(47)32-52(45)54-36-27-28-41-39-17-4-3-15-37(39)38-16-5-6-18-40(38)46(41)30-36;7-6-4-2-1-3-5-6/h1-37H;1-32,54H;1-5H. The fourth-order valence-corrected chi connectivity index (χ4v) is 21.6. The summed E-state index contributed by atoms with van der Waals surface area (Å²) in [4.78, 5) is 2.51. The molecular formula is C118H75BrN2. The van der Waals surface area contributed by atoms with Gasteiger partial charge in [-0.1, -0.05) is 380 Å². The number of benzene rings is 22. The van der Waals surface area contributed by atoms with Gasteiger partial charge in [0.15, 0.2) is 0 Å². The van der Waals surface area contributed by atoms with E-state index >= 15 is 0 Å². The second-order valence-electron chi connectivity index (χ2n) is 32.5. The SMILES string of the molecule is Brc1ccccc1.c1ccc(N(c2ccc3c4ccccc4c4ccccc4c3c2)c2cc3c(cc2-c2ccc4ccccc4c2)-c2ccccc2C32c3ccccc3-c3ccccc32)cc1.c1ccc2c(c1)-c1ccccc1C21c2ccccc2-c2cc(-c3ccc4ccccc4c3)c(Nc3ccc4c5ccccc5c5ccccc5c4c3)cc21. The van der Waals surface area contributed by atoms with Gasteiger partial charge in [0.25, 0.3) is 0 Å². The highest BCUT2D eigenvalue weighted by atomic mass is 79.9. The number of nitrogens with one attached hydrogen (secondary N) is 1. The summed E-state index contributed by atoms with van der Waals surface area (Å²) >= 11 is 3.31. The molecule has 0 saturated carbocycles. The Morgan fingerprint density at radius 1 is 0.190 bits per heavy atom. The Morgan fingerprint density at radius 3 is 0.934 bits per heavy atom. The first-order valence-electron chi connectivity index (χ1n) is 41.9. The van der Waals surface area contributed by atoms with Gasteiger partial charge >= 0.3 is 0 Å². The number of nitrogens with zero attached hydrogens (tertiary/aromatic N) is 1. The molecule has 0 saturated heterocycles. The molecule has 0 amide bonds. The van der Waals surface area contributed by atoms with E-state index in [1.54, 1.807) is 0 Å². The van der Waals surface area contributed by atoms with Crippen molar-refractivity contribution in [3.8, 4) is 66.8 Å². The van der Waals surface area contributed by atoms with Crippen LogP contribution in [0.3, 0.4) is 0 Å². The highest BCUT2D eigenvalue weighted by Gasteiger charge is 2.54. The van der Waals surface area contributed by atoms with Crippen molar-refractivity contribution in [1.82, 2.24) is 0 Å². The predicted molar refractivity (Wildman–Crippen MR) is 515 cm³/mol. The van der Waals surface area contributed by atoms with Crippen LogP contribution < -0.4 is 10.2 Å². The lowest BCUT2D eigenvalue weighted by Crippen LogP contribution is -2.26. The topological polar surface area (TPSA) is 15.3 Å². The third-order valence-corrected chi connectivity index (χ3v) is 26.9. The first kappa shape index (κ1) is 70.2. The van der Waals surface area contributed by atoms with Crippen LogP contribution in [0.5, 0.6) is 0 Å².